The molecule has 0 spiro atoms. The number of rotatable bonds is 2. The van der Waals surface area contributed by atoms with E-state index in [4.69, 9.17) is 23.2 Å². The average molecular weight is 271 g/mol. The van der Waals surface area contributed by atoms with Crippen molar-refractivity contribution < 1.29 is 0 Å². The van der Waals surface area contributed by atoms with Crippen molar-refractivity contribution >= 4 is 34.7 Å². The molecule has 2 nitrogen and oxygen atoms in total. The van der Waals surface area contributed by atoms with Gasteiger partial charge in [-0.2, -0.15) is 0 Å². The van der Waals surface area contributed by atoms with Crippen LogP contribution in [0.2, 0.25) is 0 Å². The summed E-state index contributed by atoms with van der Waals surface area (Å²) in [6.07, 6.45) is 3.66. The molecule has 0 radical (unpaired) electrons. The second kappa shape index (κ2) is 6.27. The third-order valence-electron chi connectivity index (χ3n) is 2.88. The summed E-state index contributed by atoms with van der Waals surface area (Å²) < 4.78 is 0. The van der Waals surface area contributed by atoms with Crippen LogP contribution in [0.15, 0.2) is 35.3 Å². The predicted molar refractivity (Wildman–Crippen MR) is 74.5 cm³/mol. The van der Waals surface area contributed by atoms with Gasteiger partial charge >= 0.3 is 0 Å². The number of likely N-dealkylation sites (tertiary alicyclic amines) is 1. The maximum Gasteiger partial charge on any atom is 0.164 e. The summed E-state index contributed by atoms with van der Waals surface area (Å²) in [6, 6.07) is 9.81. The van der Waals surface area contributed by atoms with Gasteiger partial charge in [-0.25, -0.2) is 4.99 Å². The van der Waals surface area contributed by atoms with Gasteiger partial charge in [-0.05, 0) is 31.4 Å². The van der Waals surface area contributed by atoms with Gasteiger partial charge in [-0.3, -0.25) is 0 Å². The molecule has 1 saturated heterocycles. The Morgan fingerprint density at radius 1 is 1.06 bits per heavy atom. The smallest absolute Gasteiger partial charge is 0.164 e. The fourth-order valence-corrected chi connectivity index (χ4v) is 2.39. The van der Waals surface area contributed by atoms with Gasteiger partial charge in [0.25, 0.3) is 0 Å². The Hall–Kier alpha value is -0.730. The molecular weight excluding hydrogens is 255 g/mol. The van der Waals surface area contributed by atoms with Crippen LogP contribution in [0.3, 0.4) is 0 Å². The van der Waals surface area contributed by atoms with E-state index >= 15 is 0 Å². The van der Waals surface area contributed by atoms with Crippen LogP contribution in [0.4, 0.5) is 5.69 Å². The number of hydrogen-bond acceptors (Lipinski definition) is 1. The molecule has 0 amide bonds. The van der Waals surface area contributed by atoms with E-state index in [9.17, 15) is 0 Å². The molecule has 1 fully saturated rings. The van der Waals surface area contributed by atoms with Crippen molar-refractivity contribution in [1.82, 2.24) is 4.90 Å². The van der Waals surface area contributed by atoms with Crippen molar-refractivity contribution in [3.8, 4) is 0 Å². The molecule has 1 aromatic carbocycles. The monoisotopic (exact) mass is 270 g/mol. The molecule has 0 aliphatic carbocycles. The van der Waals surface area contributed by atoms with Gasteiger partial charge in [0.15, 0.2) is 4.84 Å². The quantitative estimate of drug-likeness (QED) is 0.451. The minimum Gasteiger partial charge on any atom is -0.358 e. The number of nitrogens with zero attached hydrogens (tertiary/aromatic N) is 2. The van der Waals surface area contributed by atoms with Crippen LogP contribution in [0.1, 0.15) is 19.3 Å². The zero-order chi connectivity index (χ0) is 12.1. The first kappa shape index (κ1) is 12.7. The molecule has 17 heavy (non-hydrogen) atoms. The first-order valence-corrected chi connectivity index (χ1v) is 6.81. The van der Waals surface area contributed by atoms with Crippen molar-refractivity contribution in [2.24, 2.45) is 4.99 Å². The van der Waals surface area contributed by atoms with Crippen molar-refractivity contribution in [3.63, 3.8) is 0 Å². The summed E-state index contributed by atoms with van der Waals surface area (Å²) in [5.41, 5.74) is 0.902. The topological polar surface area (TPSA) is 15.6 Å². The lowest BCUT2D eigenvalue weighted by atomic mass is 10.1. The molecule has 0 atom stereocenters. The Balaban J connectivity index is 2.19. The summed E-state index contributed by atoms with van der Waals surface area (Å²) in [4.78, 5) is 6.19. The molecule has 0 saturated carbocycles. The number of halogens is 2. The summed E-state index contributed by atoms with van der Waals surface area (Å²) in [7, 11) is 0. The van der Waals surface area contributed by atoms with Crippen LogP contribution >= 0.6 is 23.2 Å². The molecule has 4 heteroatoms. The number of amidine groups is 1. The highest BCUT2D eigenvalue weighted by Gasteiger charge is 2.20. The van der Waals surface area contributed by atoms with Crippen LogP contribution < -0.4 is 0 Å². The van der Waals surface area contributed by atoms with Crippen LogP contribution in [0, 0.1) is 0 Å². The second-order valence-electron chi connectivity index (χ2n) is 4.15. The van der Waals surface area contributed by atoms with E-state index in [1.54, 1.807) is 0 Å². The van der Waals surface area contributed by atoms with Gasteiger partial charge < -0.3 is 4.90 Å². The van der Waals surface area contributed by atoms with E-state index in [-0.39, 0.29) is 0 Å². The average Bonchev–Trinajstić information content (AvgIpc) is 2.38. The molecule has 92 valence electrons. The van der Waals surface area contributed by atoms with Crippen molar-refractivity contribution in [1.29, 1.82) is 0 Å². The zero-order valence-corrected chi connectivity index (χ0v) is 11.2. The molecule has 0 bridgehead atoms. The fraction of sp³-hybridized carbons (Fsp3) is 0.462. The van der Waals surface area contributed by atoms with Crippen LogP contribution in [0.5, 0.6) is 0 Å². The highest BCUT2D eigenvalue weighted by molar-refractivity contribution is 6.54. The summed E-state index contributed by atoms with van der Waals surface area (Å²) >= 11 is 12.0. The number of piperidine rings is 1. The minimum absolute atomic E-state index is 0.562. The number of benzene rings is 1. The Labute approximate surface area is 112 Å². The minimum atomic E-state index is -0.562. The molecule has 1 aliphatic rings. The largest absolute Gasteiger partial charge is 0.358 e. The molecule has 0 aromatic heterocycles. The van der Waals surface area contributed by atoms with E-state index in [1.807, 2.05) is 30.3 Å². The SMILES string of the molecule is ClC(Cl)C(=Nc1ccccc1)N1CCCCC1. The summed E-state index contributed by atoms with van der Waals surface area (Å²) in [5.74, 6) is 0.777. The van der Waals surface area contributed by atoms with Gasteiger partial charge in [0, 0.05) is 13.1 Å². The lowest BCUT2D eigenvalue weighted by Gasteiger charge is -2.30. The highest BCUT2D eigenvalue weighted by atomic mass is 35.5. The molecule has 1 aliphatic heterocycles. The molecule has 1 heterocycles. The Kier molecular flexibility index (Phi) is 4.69. The third kappa shape index (κ3) is 3.62. The van der Waals surface area contributed by atoms with Gasteiger partial charge in [0.05, 0.1) is 5.69 Å². The van der Waals surface area contributed by atoms with Crippen molar-refractivity contribution in [2.75, 3.05) is 13.1 Å². The number of para-hydroxylation sites is 1. The Bertz CT molecular complexity index is 370. The van der Waals surface area contributed by atoms with E-state index in [1.165, 1.54) is 19.3 Å². The molecule has 1 aromatic rings. The summed E-state index contributed by atoms with van der Waals surface area (Å²) in [6.45, 7) is 2.00. The van der Waals surface area contributed by atoms with Gasteiger partial charge in [-0.15, -0.1) is 0 Å². The predicted octanol–water partition coefficient (Wildman–Crippen LogP) is 4.01. The first-order valence-electron chi connectivity index (χ1n) is 5.94. The van der Waals surface area contributed by atoms with Crippen LogP contribution in [-0.2, 0) is 0 Å². The van der Waals surface area contributed by atoms with Crippen LogP contribution in [0.25, 0.3) is 0 Å². The number of aliphatic imine (C=N–C) groups is 1. The number of hydrogen-bond donors (Lipinski definition) is 0. The van der Waals surface area contributed by atoms with Crippen molar-refractivity contribution in [2.45, 2.75) is 24.1 Å². The first-order chi connectivity index (χ1) is 8.27. The number of alkyl halides is 2. The molecule has 0 unspecified atom stereocenters. The summed E-state index contributed by atoms with van der Waals surface area (Å²) in [5, 5.41) is 0. The lowest BCUT2D eigenvalue weighted by molar-refractivity contribution is 0.340. The van der Waals surface area contributed by atoms with E-state index in [0.29, 0.717) is 0 Å². The lowest BCUT2D eigenvalue weighted by Crippen LogP contribution is -2.38. The normalized spacial score (nSPS) is 17.6. The fourth-order valence-electron chi connectivity index (χ4n) is 2.02. The Morgan fingerprint density at radius 3 is 2.29 bits per heavy atom. The molecule has 0 N–H and O–H groups in total. The standard InChI is InChI=1S/C13H16Cl2N2/c14-12(15)13(17-9-5-2-6-10-17)16-11-7-3-1-4-8-11/h1,3-4,7-8,12H,2,5-6,9-10H2. The van der Waals surface area contributed by atoms with Gasteiger partial charge in [0.1, 0.15) is 5.84 Å². The second-order valence-corrected chi connectivity index (χ2v) is 5.25. The zero-order valence-electron chi connectivity index (χ0n) is 9.65. The molecular formula is C13H16Cl2N2. The van der Waals surface area contributed by atoms with Gasteiger partial charge in [0.2, 0.25) is 0 Å². The van der Waals surface area contributed by atoms with Crippen molar-refractivity contribution in [3.05, 3.63) is 30.3 Å². The van der Waals surface area contributed by atoms with Crippen LogP contribution in [-0.4, -0.2) is 28.7 Å². The highest BCUT2D eigenvalue weighted by Crippen LogP contribution is 2.19. The Morgan fingerprint density at radius 2 is 1.71 bits per heavy atom. The maximum atomic E-state index is 6.02. The van der Waals surface area contributed by atoms with E-state index < -0.39 is 4.84 Å². The van der Waals surface area contributed by atoms with E-state index in [2.05, 4.69) is 9.89 Å². The van der Waals surface area contributed by atoms with Gasteiger partial charge in [-0.1, -0.05) is 41.4 Å². The third-order valence-corrected chi connectivity index (χ3v) is 3.27. The van der Waals surface area contributed by atoms with E-state index in [0.717, 1.165) is 24.6 Å². The maximum absolute atomic E-state index is 6.02. The molecule has 2 rings (SSSR count).